The molecule has 1 aliphatic heterocycles. The second kappa shape index (κ2) is 8.32. The molecule has 0 saturated carbocycles. The van der Waals surface area contributed by atoms with Crippen molar-refractivity contribution >= 4 is 11.6 Å². The lowest BCUT2D eigenvalue weighted by atomic mass is 10.2. The summed E-state index contributed by atoms with van der Waals surface area (Å²) in [6.45, 7) is 3.78. The summed E-state index contributed by atoms with van der Waals surface area (Å²) < 4.78 is 16.2. The predicted octanol–water partition coefficient (Wildman–Crippen LogP) is 1.60. The Morgan fingerprint density at radius 3 is 2.95 bits per heavy atom. The fraction of sp³-hybridized carbons (Fsp3) is 0.571. The number of aliphatic hydroxyl groups excluding tert-OH is 1. The first-order chi connectivity index (χ1) is 9.81. The number of rotatable bonds is 8. The Balaban J connectivity index is 1.74. The van der Waals surface area contributed by atoms with E-state index >= 15 is 0 Å². The largest absolute Gasteiger partial charge is 0.486 e. The maximum absolute atomic E-state index is 8.57. The van der Waals surface area contributed by atoms with Crippen LogP contribution in [0.4, 0.5) is 0 Å². The second-order valence-corrected chi connectivity index (χ2v) is 4.88. The molecule has 0 aliphatic carbocycles. The topological polar surface area (TPSA) is 60.0 Å². The van der Waals surface area contributed by atoms with E-state index in [9.17, 15) is 0 Å². The standard InChI is InChI=1S/C14H20ClNO4/c15-12-8-11(9-13-14(12)20-7-6-19-13)10-16-2-1-4-18-5-3-17/h8-9,16-17H,1-7,10H2. The molecule has 0 bridgehead atoms. The Bertz CT molecular complexity index is 428. The fourth-order valence-corrected chi connectivity index (χ4v) is 2.25. The third-order valence-electron chi connectivity index (χ3n) is 2.86. The molecule has 20 heavy (non-hydrogen) atoms. The lowest BCUT2D eigenvalue weighted by Gasteiger charge is -2.20. The van der Waals surface area contributed by atoms with E-state index in [1.807, 2.05) is 12.1 Å². The van der Waals surface area contributed by atoms with Crippen molar-refractivity contribution in [1.82, 2.24) is 5.32 Å². The summed E-state index contributed by atoms with van der Waals surface area (Å²) >= 11 is 6.17. The molecule has 1 aromatic carbocycles. The lowest BCUT2D eigenvalue weighted by Crippen LogP contribution is -2.18. The predicted molar refractivity (Wildman–Crippen MR) is 76.7 cm³/mol. The van der Waals surface area contributed by atoms with Crippen molar-refractivity contribution in [2.24, 2.45) is 0 Å². The van der Waals surface area contributed by atoms with Crippen molar-refractivity contribution in [2.75, 3.05) is 39.6 Å². The van der Waals surface area contributed by atoms with E-state index in [1.165, 1.54) is 0 Å². The molecule has 1 aliphatic rings. The molecule has 0 radical (unpaired) electrons. The molecule has 0 unspecified atom stereocenters. The summed E-state index contributed by atoms with van der Waals surface area (Å²) in [6, 6.07) is 3.85. The van der Waals surface area contributed by atoms with Crippen LogP contribution in [0.2, 0.25) is 5.02 Å². The minimum atomic E-state index is 0.0725. The summed E-state index contributed by atoms with van der Waals surface area (Å²) in [6.07, 6.45) is 0.901. The van der Waals surface area contributed by atoms with Gasteiger partial charge < -0.3 is 24.6 Å². The van der Waals surface area contributed by atoms with Crippen molar-refractivity contribution in [3.8, 4) is 11.5 Å². The number of ether oxygens (including phenoxy) is 3. The van der Waals surface area contributed by atoms with Crippen LogP contribution in [0.3, 0.4) is 0 Å². The summed E-state index contributed by atoms with van der Waals surface area (Å²) in [5.41, 5.74) is 1.07. The second-order valence-electron chi connectivity index (χ2n) is 4.47. The van der Waals surface area contributed by atoms with E-state index in [0.29, 0.717) is 42.9 Å². The minimum Gasteiger partial charge on any atom is -0.486 e. The first kappa shape index (κ1) is 15.4. The van der Waals surface area contributed by atoms with Crippen LogP contribution >= 0.6 is 11.6 Å². The molecule has 112 valence electrons. The van der Waals surface area contributed by atoms with Gasteiger partial charge in [-0.25, -0.2) is 0 Å². The average molecular weight is 302 g/mol. The number of benzene rings is 1. The number of halogens is 1. The SMILES string of the molecule is OCCOCCCNCc1cc(Cl)c2c(c1)OCCO2. The van der Waals surface area contributed by atoms with E-state index < -0.39 is 0 Å². The van der Waals surface area contributed by atoms with E-state index in [1.54, 1.807) is 0 Å². The number of hydrogen-bond donors (Lipinski definition) is 2. The summed E-state index contributed by atoms with van der Waals surface area (Å²) in [5, 5.41) is 12.5. The highest BCUT2D eigenvalue weighted by molar-refractivity contribution is 6.32. The van der Waals surface area contributed by atoms with Crippen LogP contribution in [0.5, 0.6) is 11.5 Å². The normalized spacial score (nSPS) is 13.5. The van der Waals surface area contributed by atoms with Crippen LogP contribution in [0.15, 0.2) is 12.1 Å². The van der Waals surface area contributed by atoms with Gasteiger partial charge in [-0.1, -0.05) is 11.6 Å². The zero-order chi connectivity index (χ0) is 14.2. The minimum absolute atomic E-state index is 0.0725. The smallest absolute Gasteiger partial charge is 0.179 e. The summed E-state index contributed by atoms with van der Waals surface area (Å²) in [7, 11) is 0. The van der Waals surface area contributed by atoms with Gasteiger partial charge in [-0.3, -0.25) is 0 Å². The lowest BCUT2D eigenvalue weighted by molar-refractivity contribution is 0.0907. The Morgan fingerprint density at radius 2 is 2.10 bits per heavy atom. The van der Waals surface area contributed by atoms with E-state index in [2.05, 4.69) is 5.32 Å². The third kappa shape index (κ3) is 4.52. The van der Waals surface area contributed by atoms with Crippen LogP contribution < -0.4 is 14.8 Å². The zero-order valence-electron chi connectivity index (χ0n) is 11.4. The van der Waals surface area contributed by atoms with Gasteiger partial charge in [0.2, 0.25) is 0 Å². The van der Waals surface area contributed by atoms with Crippen LogP contribution in [0.25, 0.3) is 0 Å². The van der Waals surface area contributed by atoms with Crippen LogP contribution in [-0.4, -0.2) is 44.7 Å². The van der Waals surface area contributed by atoms with Gasteiger partial charge in [0, 0.05) is 13.2 Å². The molecule has 0 atom stereocenters. The van der Waals surface area contributed by atoms with E-state index in [0.717, 1.165) is 25.1 Å². The summed E-state index contributed by atoms with van der Waals surface area (Å²) in [4.78, 5) is 0. The third-order valence-corrected chi connectivity index (χ3v) is 3.14. The fourth-order valence-electron chi connectivity index (χ4n) is 1.96. The Labute approximate surface area is 123 Å². The zero-order valence-corrected chi connectivity index (χ0v) is 12.1. The molecular weight excluding hydrogens is 282 g/mol. The van der Waals surface area contributed by atoms with Gasteiger partial charge in [0.15, 0.2) is 11.5 Å². The molecule has 0 spiro atoms. The molecule has 0 fully saturated rings. The molecule has 0 aromatic heterocycles. The van der Waals surface area contributed by atoms with Crippen LogP contribution in [-0.2, 0) is 11.3 Å². The highest BCUT2D eigenvalue weighted by Crippen LogP contribution is 2.38. The average Bonchev–Trinajstić information content (AvgIpc) is 2.46. The quantitative estimate of drug-likeness (QED) is 0.714. The van der Waals surface area contributed by atoms with Crippen molar-refractivity contribution < 1.29 is 19.3 Å². The number of aliphatic hydroxyl groups is 1. The summed E-state index contributed by atoms with van der Waals surface area (Å²) in [5.74, 6) is 1.35. The van der Waals surface area contributed by atoms with Crippen molar-refractivity contribution in [3.63, 3.8) is 0 Å². The molecule has 0 amide bonds. The first-order valence-corrected chi connectivity index (χ1v) is 7.16. The van der Waals surface area contributed by atoms with Gasteiger partial charge in [0.25, 0.3) is 0 Å². The van der Waals surface area contributed by atoms with Crippen molar-refractivity contribution in [1.29, 1.82) is 0 Å². The molecule has 6 heteroatoms. The van der Waals surface area contributed by atoms with Crippen LogP contribution in [0.1, 0.15) is 12.0 Å². The molecule has 2 rings (SSSR count). The number of fused-ring (bicyclic) bond motifs is 1. The molecular formula is C14H20ClNO4. The number of hydrogen-bond acceptors (Lipinski definition) is 5. The Kier molecular flexibility index (Phi) is 6.39. The van der Waals surface area contributed by atoms with Crippen molar-refractivity contribution in [2.45, 2.75) is 13.0 Å². The van der Waals surface area contributed by atoms with Gasteiger partial charge in [-0.2, -0.15) is 0 Å². The van der Waals surface area contributed by atoms with Gasteiger partial charge in [-0.05, 0) is 30.7 Å². The molecule has 0 saturated heterocycles. The molecule has 1 heterocycles. The number of nitrogens with one attached hydrogen (secondary N) is 1. The van der Waals surface area contributed by atoms with Gasteiger partial charge in [-0.15, -0.1) is 0 Å². The highest BCUT2D eigenvalue weighted by atomic mass is 35.5. The van der Waals surface area contributed by atoms with Gasteiger partial charge in [0.05, 0.1) is 18.2 Å². The van der Waals surface area contributed by atoms with Crippen molar-refractivity contribution in [3.05, 3.63) is 22.7 Å². The monoisotopic (exact) mass is 301 g/mol. The molecule has 5 nitrogen and oxygen atoms in total. The Morgan fingerprint density at radius 1 is 1.25 bits per heavy atom. The molecule has 2 N–H and O–H groups in total. The maximum Gasteiger partial charge on any atom is 0.179 e. The maximum atomic E-state index is 8.57. The Hall–Kier alpha value is -1.01. The van der Waals surface area contributed by atoms with Gasteiger partial charge >= 0.3 is 0 Å². The van der Waals surface area contributed by atoms with Crippen LogP contribution in [0, 0.1) is 0 Å². The van der Waals surface area contributed by atoms with E-state index in [-0.39, 0.29) is 6.61 Å². The van der Waals surface area contributed by atoms with Gasteiger partial charge in [0.1, 0.15) is 13.2 Å². The van der Waals surface area contributed by atoms with E-state index in [4.69, 9.17) is 30.9 Å². The first-order valence-electron chi connectivity index (χ1n) is 6.78. The molecule has 1 aromatic rings. The highest BCUT2D eigenvalue weighted by Gasteiger charge is 2.16.